The van der Waals surface area contributed by atoms with Crippen LogP contribution >= 0.6 is 11.6 Å². The second kappa shape index (κ2) is 12.9. The van der Waals surface area contributed by atoms with Gasteiger partial charge in [0.2, 0.25) is 21.8 Å². The molecule has 2 amide bonds. The molecule has 0 saturated heterocycles. The van der Waals surface area contributed by atoms with Crippen molar-refractivity contribution in [2.24, 2.45) is 0 Å². The molecule has 0 aliphatic heterocycles. The summed E-state index contributed by atoms with van der Waals surface area (Å²) in [5.74, 6) is -0.412. The van der Waals surface area contributed by atoms with E-state index < -0.39 is 16.1 Å². The molecule has 35 heavy (non-hydrogen) atoms. The maximum atomic E-state index is 13.3. The number of carbonyl (C=O) groups excluding carboxylic acids is 2. The first-order valence-corrected chi connectivity index (χ1v) is 14.0. The second-order valence-electron chi connectivity index (χ2n) is 8.86. The lowest BCUT2D eigenvalue weighted by atomic mass is 10.1. The summed E-state index contributed by atoms with van der Waals surface area (Å²) in [6.45, 7) is 8.04. The fraction of sp³-hybridized carbons (Fsp3) is 0.462. The zero-order valence-corrected chi connectivity index (χ0v) is 22.7. The predicted octanol–water partition coefficient (Wildman–Crippen LogP) is 4.53. The molecular formula is C26H36ClN3O4S. The summed E-state index contributed by atoms with van der Waals surface area (Å²) in [4.78, 5) is 27.8. The maximum absolute atomic E-state index is 13.3. The molecule has 2 atom stereocenters. The maximum Gasteiger partial charge on any atom is 0.242 e. The van der Waals surface area contributed by atoms with Crippen LogP contribution in [0.3, 0.4) is 0 Å². The third kappa shape index (κ3) is 8.54. The zero-order chi connectivity index (χ0) is 26.2. The van der Waals surface area contributed by atoms with Gasteiger partial charge in [-0.05, 0) is 69.0 Å². The number of hydrogen-bond donors (Lipinski definition) is 1. The number of halogens is 1. The van der Waals surface area contributed by atoms with Gasteiger partial charge in [-0.3, -0.25) is 13.9 Å². The molecule has 1 N–H and O–H groups in total. The summed E-state index contributed by atoms with van der Waals surface area (Å²) < 4.78 is 26.0. The van der Waals surface area contributed by atoms with Gasteiger partial charge in [-0.2, -0.15) is 0 Å². The summed E-state index contributed by atoms with van der Waals surface area (Å²) in [5, 5.41) is 3.46. The van der Waals surface area contributed by atoms with Crippen LogP contribution in [0.4, 0.5) is 5.69 Å². The average Bonchev–Trinajstić information content (AvgIpc) is 2.80. The molecule has 2 aromatic rings. The molecule has 0 aliphatic carbocycles. The first kappa shape index (κ1) is 28.7. The van der Waals surface area contributed by atoms with E-state index in [1.165, 1.54) is 4.31 Å². The minimum absolute atomic E-state index is 0.00283. The van der Waals surface area contributed by atoms with E-state index in [0.717, 1.165) is 23.8 Å². The van der Waals surface area contributed by atoms with Crippen molar-refractivity contribution in [2.45, 2.75) is 65.6 Å². The van der Waals surface area contributed by atoms with E-state index >= 15 is 0 Å². The van der Waals surface area contributed by atoms with Gasteiger partial charge in [0.25, 0.3) is 0 Å². The standard InChI is InChI=1S/C26H36ClN3O4S/c1-6-20(3)28-26(32)21(4)29(18-22-11-8-7-10-19(22)2)25(31)12-9-17-30(35(5,33)34)24-15-13-23(27)14-16-24/h7-8,10-11,13-16,20-21H,6,9,12,17-18H2,1-5H3,(H,28,32)/t20-,21+/m0/s1. The summed E-state index contributed by atoms with van der Waals surface area (Å²) in [5.41, 5.74) is 2.48. The Morgan fingerprint density at radius 1 is 1.06 bits per heavy atom. The number of carbonyl (C=O) groups is 2. The lowest BCUT2D eigenvalue weighted by Gasteiger charge is -2.30. The highest BCUT2D eigenvalue weighted by Gasteiger charge is 2.27. The third-order valence-electron chi connectivity index (χ3n) is 6.04. The van der Waals surface area contributed by atoms with Gasteiger partial charge in [0.1, 0.15) is 6.04 Å². The van der Waals surface area contributed by atoms with Gasteiger partial charge in [0.05, 0.1) is 11.9 Å². The Hall–Kier alpha value is -2.58. The van der Waals surface area contributed by atoms with E-state index in [-0.39, 0.29) is 30.8 Å². The number of hydrogen-bond acceptors (Lipinski definition) is 4. The fourth-order valence-electron chi connectivity index (χ4n) is 3.63. The summed E-state index contributed by atoms with van der Waals surface area (Å²) >= 11 is 5.93. The van der Waals surface area contributed by atoms with Crippen molar-refractivity contribution in [3.8, 4) is 0 Å². The van der Waals surface area contributed by atoms with E-state index in [2.05, 4.69) is 5.32 Å². The molecule has 0 aromatic heterocycles. The van der Waals surface area contributed by atoms with Gasteiger partial charge in [0, 0.05) is 30.6 Å². The van der Waals surface area contributed by atoms with Crippen molar-refractivity contribution in [2.75, 3.05) is 17.1 Å². The number of nitrogens with one attached hydrogen (secondary N) is 1. The SMILES string of the molecule is CC[C@H](C)NC(=O)[C@@H](C)N(Cc1ccccc1C)C(=O)CCCN(c1ccc(Cl)cc1)S(C)(=O)=O. The van der Waals surface area contributed by atoms with Crippen LogP contribution in [-0.2, 0) is 26.2 Å². The Morgan fingerprint density at radius 2 is 1.69 bits per heavy atom. The predicted molar refractivity (Wildman–Crippen MR) is 142 cm³/mol. The average molecular weight is 522 g/mol. The van der Waals surface area contributed by atoms with Crippen LogP contribution in [0, 0.1) is 6.92 Å². The van der Waals surface area contributed by atoms with Crippen molar-refractivity contribution in [1.29, 1.82) is 0 Å². The molecule has 0 heterocycles. The molecule has 0 saturated carbocycles. The van der Waals surface area contributed by atoms with E-state index in [0.29, 0.717) is 23.7 Å². The van der Waals surface area contributed by atoms with Gasteiger partial charge < -0.3 is 10.2 Å². The molecule has 0 bridgehead atoms. The van der Waals surface area contributed by atoms with Gasteiger partial charge in [-0.25, -0.2) is 8.42 Å². The highest BCUT2D eigenvalue weighted by atomic mass is 35.5. The highest BCUT2D eigenvalue weighted by Crippen LogP contribution is 2.22. The van der Waals surface area contributed by atoms with Crippen LogP contribution in [0.25, 0.3) is 0 Å². The summed E-state index contributed by atoms with van der Waals surface area (Å²) in [7, 11) is -3.55. The minimum atomic E-state index is -3.55. The van der Waals surface area contributed by atoms with Gasteiger partial charge in [-0.15, -0.1) is 0 Å². The Balaban J connectivity index is 2.18. The molecule has 9 heteroatoms. The van der Waals surface area contributed by atoms with Crippen LogP contribution in [0.2, 0.25) is 5.02 Å². The van der Waals surface area contributed by atoms with Crippen LogP contribution in [0.5, 0.6) is 0 Å². The van der Waals surface area contributed by atoms with E-state index in [4.69, 9.17) is 11.6 Å². The number of benzene rings is 2. The Morgan fingerprint density at radius 3 is 2.26 bits per heavy atom. The molecule has 0 radical (unpaired) electrons. The number of amides is 2. The molecule has 0 fully saturated rings. The van der Waals surface area contributed by atoms with E-state index in [9.17, 15) is 18.0 Å². The van der Waals surface area contributed by atoms with Crippen LogP contribution in [0.15, 0.2) is 48.5 Å². The monoisotopic (exact) mass is 521 g/mol. The minimum Gasteiger partial charge on any atom is -0.352 e. The van der Waals surface area contributed by atoms with Gasteiger partial charge in [-0.1, -0.05) is 42.8 Å². The Kier molecular flexibility index (Phi) is 10.6. The largest absolute Gasteiger partial charge is 0.352 e. The Labute approximate surface area is 214 Å². The zero-order valence-electron chi connectivity index (χ0n) is 21.1. The van der Waals surface area contributed by atoms with Crippen LogP contribution in [0.1, 0.15) is 51.2 Å². The molecule has 7 nitrogen and oxygen atoms in total. The molecule has 2 aromatic carbocycles. The number of sulfonamides is 1. The van der Waals surface area contributed by atoms with Crippen LogP contribution < -0.4 is 9.62 Å². The first-order chi connectivity index (χ1) is 16.4. The van der Waals surface area contributed by atoms with Crippen molar-refractivity contribution in [1.82, 2.24) is 10.2 Å². The summed E-state index contributed by atoms with van der Waals surface area (Å²) in [6.07, 6.45) is 2.33. The third-order valence-corrected chi connectivity index (χ3v) is 7.48. The smallest absolute Gasteiger partial charge is 0.242 e. The molecule has 0 spiro atoms. The number of rotatable bonds is 12. The van der Waals surface area contributed by atoms with Crippen molar-refractivity contribution < 1.29 is 18.0 Å². The molecule has 192 valence electrons. The van der Waals surface area contributed by atoms with E-state index in [1.54, 1.807) is 36.1 Å². The summed E-state index contributed by atoms with van der Waals surface area (Å²) in [6, 6.07) is 13.6. The van der Waals surface area contributed by atoms with E-state index in [1.807, 2.05) is 45.0 Å². The fourth-order valence-corrected chi connectivity index (χ4v) is 4.72. The van der Waals surface area contributed by atoms with Crippen molar-refractivity contribution in [3.63, 3.8) is 0 Å². The molecule has 0 unspecified atom stereocenters. The van der Waals surface area contributed by atoms with Crippen LogP contribution in [-0.4, -0.2) is 50.0 Å². The molecule has 0 aliphatic rings. The van der Waals surface area contributed by atoms with Gasteiger partial charge in [0.15, 0.2) is 0 Å². The van der Waals surface area contributed by atoms with Crippen molar-refractivity contribution >= 4 is 39.1 Å². The number of nitrogens with zero attached hydrogens (tertiary/aromatic N) is 2. The van der Waals surface area contributed by atoms with Gasteiger partial charge >= 0.3 is 0 Å². The molecule has 2 rings (SSSR count). The number of anilines is 1. The number of aryl methyl sites for hydroxylation is 1. The topological polar surface area (TPSA) is 86.8 Å². The lowest BCUT2D eigenvalue weighted by molar-refractivity contribution is -0.140. The quantitative estimate of drug-likeness (QED) is 0.444. The first-order valence-electron chi connectivity index (χ1n) is 11.8. The Bertz CT molecular complexity index is 1110. The molecular weight excluding hydrogens is 486 g/mol. The van der Waals surface area contributed by atoms with Crippen molar-refractivity contribution in [3.05, 3.63) is 64.7 Å². The normalized spacial score (nSPS) is 13.1. The highest BCUT2D eigenvalue weighted by molar-refractivity contribution is 7.92. The second-order valence-corrected chi connectivity index (χ2v) is 11.2. The lowest BCUT2D eigenvalue weighted by Crippen LogP contribution is -2.49.